The van der Waals surface area contributed by atoms with Gasteiger partial charge in [0, 0.05) is 11.1 Å². The number of aromatic nitrogens is 1. The molecule has 1 aliphatic rings. The standard InChI is InChI=1S/C19H15NO7/c1-23-14-4-3-10(5-12(14)19(21)22)13-8-20-27-17(13)11-6-15(24-2)18-16(7-11)25-9-26-18/h3-8H,9H2,1-2H3,(H,21,22). The van der Waals surface area contributed by atoms with Crippen LogP contribution in [0.1, 0.15) is 10.4 Å². The van der Waals surface area contributed by atoms with E-state index >= 15 is 0 Å². The van der Waals surface area contributed by atoms with Gasteiger partial charge in [-0.3, -0.25) is 0 Å². The van der Waals surface area contributed by atoms with Crippen LogP contribution in [-0.2, 0) is 0 Å². The Morgan fingerprint density at radius 1 is 1.07 bits per heavy atom. The summed E-state index contributed by atoms with van der Waals surface area (Å²) in [5.74, 6) is 1.20. The van der Waals surface area contributed by atoms with E-state index in [0.717, 1.165) is 0 Å². The molecule has 0 fully saturated rings. The van der Waals surface area contributed by atoms with E-state index in [-0.39, 0.29) is 18.1 Å². The summed E-state index contributed by atoms with van der Waals surface area (Å²) < 4.78 is 26.8. The minimum atomic E-state index is -1.09. The summed E-state index contributed by atoms with van der Waals surface area (Å²) in [6.07, 6.45) is 1.53. The summed E-state index contributed by atoms with van der Waals surface area (Å²) in [5, 5.41) is 13.3. The van der Waals surface area contributed by atoms with Crippen molar-refractivity contribution in [3.8, 4) is 45.4 Å². The Labute approximate surface area is 153 Å². The van der Waals surface area contributed by atoms with Crippen LogP contribution in [-0.4, -0.2) is 37.2 Å². The number of carbonyl (C=O) groups is 1. The molecule has 1 N–H and O–H groups in total. The Hall–Kier alpha value is -3.68. The van der Waals surface area contributed by atoms with E-state index in [0.29, 0.717) is 39.7 Å². The number of hydrogen-bond acceptors (Lipinski definition) is 7. The number of hydrogen-bond donors (Lipinski definition) is 1. The van der Waals surface area contributed by atoms with Gasteiger partial charge in [-0.05, 0) is 29.8 Å². The lowest BCUT2D eigenvalue weighted by Gasteiger charge is -2.09. The Kier molecular flexibility index (Phi) is 4.08. The van der Waals surface area contributed by atoms with Crippen LogP contribution < -0.4 is 18.9 Å². The number of fused-ring (bicyclic) bond motifs is 1. The zero-order valence-corrected chi connectivity index (χ0v) is 14.5. The number of ether oxygens (including phenoxy) is 4. The van der Waals surface area contributed by atoms with Gasteiger partial charge < -0.3 is 28.6 Å². The molecule has 0 bridgehead atoms. The number of carboxylic acids is 1. The highest BCUT2D eigenvalue weighted by atomic mass is 16.7. The van der Waals surface area contributed by atoms with Crippen LogP contribution in [0.4, 0.5) is 0 Å². The van der Waals surface area contributed by atoms with Crippen molar-refractivity contribution in [1.29, 1.82) is 0 Å². The van der Waals surface area contributed by atoms with E-state index in [4.69, 9.17) is 23.5 Å². The number of carboxylic acid groups (broad SMARTS) is 1. The highest BCUT2D eigenvalue weighted by Crippen LogP contribution is 2.45. The Bertz CT molecular complexity index is 1020. The second kappa shape index (κ2) is 6.56. The molecule has 8 nitrogen and oxygen atoms in total. The normalized spacial score (nSPS) is 12.1. The smallest absolute Gasteiger partial charge is 0.339 e. The summed E-state index contributed by atoms with van der Waals surface area (Å²) >= 11 is 0. The molecule has 27 heavy (non-hydrogen) atoms. The summed E-state index contributed by atoms with van der Waals surface area (Å²) in [6, 6.07) is 8.36. The van der Waals surface area contributed by atoms with E-state index in [1.807, 2.05) is 0 Å². The summed E-state index contributed by atoms with van der Waals surface area (Å²) in [6.45, 7) is 0.110. The zero-order valence-electron chi connectivity index (χ0n) is 14.5. The molecule has 2 aromatic carbocycles. The lowest BCUT2D eigenvalue weighted by molar-refractivity contribution is 0.0693. The van der Waals surface area contributed by atoms with Gasteiger partial charge in [-0.15, -0.1) is 0 Å². The lowest BCUT2D eigenvalue weighted by Crippen LogP contribution is -2.00. The highest BCUT2D eigenvalue weighted by molar-refractivity contribution is 5.93. The van der Waals surface area contributed by atoms with Crippen molar-refractivity contribution < 1.29 is 33.4 Å². The maximum absolute atomic E-state index is 11.5. The van der Waals surface area contributed by atoms with Crippen molar-refractivity contribution in [3.63, 3.8) is 0 Å². The first-order valence-corrected chi connectivity index (χ1v) is 7.96. The minimum absolute atomic E-state index is 0.0467. The predicted molar refractivity (Wildman–Crippen MR) is 93.6 cm³/mol. The van der Waals surface area contributed by atoms with Gasteiger partial charge in [-0.25, -0.2) is 4.79 Å². The second-order valence-corrected chi connectivity index (χ2v) is 5.70. The van der Waals surface area contributed by atoms with Gasteiger partial charge in [0.15, 0.2) is 17.3 Å². The quantitative estimate of drug-likeness (QED) is 0.730. The average molecular weight is 369 g/mol. The number of benzene rings is 2. The molecule has 3 aromatic rings. The van der Waals surface area contributed by atoms with E-state index < -0.39 is 5.97 Å². The number of nitrogens with zero attached hydrogens (tertiary/aromatic N) is 1. The molecule has 0 radical (unpaired) electrons. The van der Waals surface area contributed by atoms with Gasteiger partial charge in [0.2, 0.25) is 12.5 Å². The topological polar surface area (TPSA) is 100 Å². The minimum Gasteiger partial charge on any atom is -0.496 e. The first kappa shape index (κ1) is 16.8. The molecule has 0 amide bonds. The average Bonchev–Trinajstić information content (AvgIpc) is 3.35. The van der Waals surface area contributed by atoms with Crippen molar-refractivity contribution in [1.82, 2.24) is 5.16 Å². The van der Waals surface area contributed by atoms with Crippen molar-refractivity contribution in [2.75, 3.05) is 21.0 Å². The molecular weight excluding hydrogens is 354 g/mol. The van der Waals surface area contributed by atoms with Crippen LogP contribution in [0.2, 0.25) is 0 Å². The Morgan fingerprint density at radius 3 is 2.63 bits per heavy atom. The van der Waals surface area contributed by atoms with Crippen molar-refractivity contribution in [2.24, 2.45) is 0 Å². The van der Waals surface area contributed by atoms with Crippen LogP contribution in [0.5, 0.6) is 23.0 Å². The van der Waals surface area contributed by atoms with Gasteiger partial charge >= 0.3 is 5.97 Å². The van der Waals surface area contributed by atoms with E-state index in [2.05, 4.69) is 5.16 Å². The van der Waals surface area contributed by atoms with Crippen molar-refractivity contribution in [2.45, 2.75) is 0 Å². The Balaban J connectivity index is 1.83. The molecule has 4 rings (SSSR count). The zero-order chi connectivity index (χ0) is 19.0. The summed E-state index contributed by atoms with van der Waals surface area (Å²) in [7, 11) is 2.95. The Morgan fingerprint density at radius 2 is 1.89 bits per heavy atom. The fraction of sp³-hybridized carbons (Fsp3) is 0.158. The van der Waals surface area contributed by atoms with E-state index in [1.165, 1.54) is 26.5 Å². The maximum Gasteiger partial charge on any atom is 0.339 e. The molecule has 2 heterocycles. The summed E-state index contributed by atoms with van der Waals surface area (Å²) in [5.41, 5.74) is 1.96. The maximum atomic E-state index is 11.5. The van der Waals surface area contributed by atoms with Gasteiger partial charge in [0.25, 0.3) is 0 Å². The number of rotatable bonds is 5. The highest BCUT2D eigenvalue weighted by Gasteiger charge is 2.24. The van der Waals surface area contributed by atoms with Gasteiger partial charge in [-0.2, -0.15) is 0 Å². The first-order chi connectivity index (χ1) is 13.1. The number of aromatic carboxylic acids is 1. The molecule has 0 saturated carbocycles. The van der Waals surface area contributed by atoms with Crippen LogP contribution in [0.3, 0.4) is 0 Å². The second-order valence-electron chi connectivity index (χ2n) is 5.70. The van der Waals surface area contributed by atoms with Crippen LogP contribution in [0, 0.1) is 0 Å². The van der Waals surface area contributed by atoms with E-state index in [1.54, 1.807) is 24.3 Å². The molecule has 0 unspecified atom stereocenters. The predicted octanol–water partition coefficient (Wildman–Crippen LogP) is 3.45. The van der Waals surface area contributed by atoms with Crippen molar-refractivity contribution in [3.05, 3.63) is 42.1 Å². The van der Waals surface area contributed by atoms with E-state index in [9.17, 15) is 9.90 Å². The van der Waals surface area contributed by atoms with Crippen molar-refractivity contribution >= 4 is 5.97 Å². The molecule has 8 heteroatoms. The monoisotopic (exact) mass is 369 g/mol. The largest absolute Gasteiger partial charge is 0.496 e. The lowest BCUT2D eigenvalue weighted by atomic mass is 9.99. The SMILES string of the molecule is COc1ccc(-c2cnoc2-c2cc(OC)c3c(c2)OCO3)cc1C(=O)O. The molecular formula is C19H15NO7. The first-order valence-electron chi connectivity index (χ1n) is 7.96. The third kappa shape index (κ3) is 2.80. The number of methoxy groups -OCH3 is 2. The van der Waals surface area contributed by atoms with Crippen LogP contribution in [0.25, 0.3) is 22.5 Å². The van der Waals surface area contributed by atoms with Gasteiger partial charge in [-0.1, -0.05) is 11.2 Å². The third-order valence-electron chi connectivity index (χ3n) is 4.23. The molecule has 0 saturated heterocycles. The van der Waals surface area contributed by atoms with Crippen LogP contribution in [0.15, 0.2) is 41.1 Å². The van der Waals surface area contributed by atoms with Gasteiger partial charge in [0.1, 0.15) is 11.3 Å². The summed E-state index contributed by atoms with van der Waals surface area (Å²) in [4.78, 5) is 11.5. The van der Waals surface area contributed by atoms with Crippen LogP contribution >= 0.6 is 0 Å². The van der Waals surface area contributed by atoms with Gasteiger partial charge in [0.05, 0.1) is 20.4 Å². The fourth-order valence-electron chi connectivity index (χ4n) is 2.96. The molecule has 0 atom stereocenters. The fourth-order valence-corrected chi connectivity index (χ4v) is 2.96. The molecule has 1 aliphatic heterocycles. The molecule has 1 aromatic heterocycles. The molecule has 0 spiro atoms. The molecule has 138 valence electrons. The third-order valence-corrected chi connectivity index (χ3v) is 4.23. The molecule has 0 aliphatic carbocycles.